The summed E-state index contributed by atoms with van der Waals surface area (Å²) in [4.78, 5) is 0. The molecule has 0 aliphatic rings. The van der Waals surface area contributed by atoms with E-state index in [0.29, 0.717) is 13.2 Å². The van der Waals surface area contributed by atoms with Gasteiger partial charge < -0.3 is 15.2 Å². The quantitative estimate of drug-likeness (QED) is 0.559. The Bertz CT molecular complexity index is 460. The molecule has 0 bridgehead atoms. The lowest BCUT2D eigenvalue weighted by atomic mass is 10.1. The van der Waals surface area contributed by atoms with E-state index >= 15 is 0 Å². The number of ether oxygens (including phenoxy) is 2. The molecule has 0 saturated heterocycles. The molecule has 0 saturated carbocycles. The van der Waals surface area contributed by atoms with Gasteiger partial charge in [-0.1, -0.05) is 50.5 Å². The molecule has 1 aromatic carbocycles. The fourth-order valence-corrected chi connectivity index (χ4v) is 2.09. The minimum Gasteiger partial charge on any atom is -0.495 e. The van der Waals surface area contributed by atoms with Gasteiger partial charge in [-0.3, -0.25) is 0 Å². The molecular formula is C18H27NO2. The van der Waals surface area contributed by atoms with E-state index < -0.39 is 0 Å². The monoisotopic (exact) mass is 289 g/mol. The Morgan fingerprint density at radius 1 is 1.14 bits per heavy atom. The Morgan fingerprint density at radius 3 is 2.67 bits per heavy atom. The molecule has 3 heteroatoms. The molecule has 3 nitrogen and oxygen atoms in total. The summed E-state index contributed by atoms with van der Waals surface area (Å²) in [6, 6.07) is 5.96. The van der Waals surface area contributed by atoms with Crippen LogP contribution in [-0.4, -0.2) is 20.3 Å². The zero-order chi connectivity index (χ0) is 15.3. The summed E-state index contributed by atoms with van der Waals surface area (Å²) in [6.07, 6.45) is 6.29. The molecule has 1 rings (SSSR count). The molecule has 0 spiro atoms. The standard InChI is InChI=1S/C18H27NO2/c1-3-4-5-6-7-13-21-15-16-10-11-18(20-2)17(14-16)9-8-12-19/h10-11,14H,3-7,12-13,15,19H2,1-2H3. The molecule has 0 aliphatic heterocycles. The highest BCUT2D eigenvalue weighted by Gasteiger charge is 2.02. The van der Waals surface area contributed by atoms with Gasteiger partial charge in [0.15, 0.2) is 0 Å². The lowest BCUT2D eigenvalue weighted by Crippen LogP contribution is -1.98. The molecule has 116 valence electrons. The second-order valence-electron chi connectivity index (χ2n) is 5.01. The van der Waals surface area contributed by atoms with Gasteiger partial charge in [-0.25, -0.2) is 0 Å². The van der Waals surface area contributed by atoms with Crippen molar-refractivity contribution in [3.8, 4) is 17.6 Å². The summed E-state index contributed by atoms with van der Waals surface area (Å²) in [5, 5.41) is 0. The molecule has 0 radical (unpaired) electrons. The van der Waals surface area contributed by atoms with E-state index in [2.05, 4.69) is 18.8 Å². The van der Waals surface area contributed by atoms with Crippen LogP contribution in [0.2, 0.25) is 0 Å². The van der Waals surface area contributed by atoms with Gasteiger partial charge in [0.25, 0.3) is 0 Å². The molecule has 1 aromatic rings. The third-order valence-electron chi connectivity index (χ3n) is 3.25. The molecule has 0 unspecified atom stereocenters. The minimum absolute atomic E-state index is 0.349. The largest absolute Gasteiger partial charge is 0.495 e. The summed E-state index contributed by atoms with van der Waals surface area (Å²) < 4.78 is 11.0. The normalized spacial score (nSPS) is 10.0. The van der Waals surface area contributed by atoms with Crippen LogP contribution in [0, 0.1) is 11.8 Å². The third-order valence-corrected chi connectivity index (χ3v) is 3.25. The van der Waals surface area contributed by atoms with Crippen LogP contribution in [0.1, 0.15) is 50.2 Å². The molecule has 21 heavy (non-hydrogen) atoms. The highest BCUT2D eigenvalue weighted by atomic mass is 16.5. The van der Waals surface area contributed by atoms with Crippen molar-refractivity contribution in [3.63, 3.8) is 0 Å². The summed E-state index contributed by atoms with van der Waals surface area (Å²) in [7, 11) is 1.65. The number of nitrogens with two attached hydrogens (primary N) is 1. The van der Waals surface area contributed by atoms with Gasteiger partial charge in [0, 0.05) is 6.61 Å². The van der Waals surface area contributed by atoms with E-state index in [0.717, 1.165) is 29.9 Å². The van der Waals surface area contributed by atoms with Crippen molar-refractivity contribution < 1.29 is 9.47 Å². The summed E-state index contributed by atoms with van der Waals surface area (Å²) >= 11 is 0. The van der Waals surface area contributed by atoms with Crippen molar-refractivity contribution in [1.82, 2.24) is 0 Å². The Balaban J connectivity index is 2.41. The number of unbranched alkanes of at least 4 members (excludes halogenated alkanes) is 4. The highest BCUT2D eigenvalue weighted by Crippen LogP contribution is 2.19. The zero-order valence-corrected chi connectivity index (χ0v) is 13.3. The lowest BCUT2D eigenvalue weighted by Gasteiger charge is -2.08. The van der Waals surface area contributed by atoms with Crippen molar-refractivity contribution in [1.29, 1.82) is 0 Å². The Morgan fingerprint density at radius 2 is 1.95 bits per heavy atom. The van der Waals surface area contributed by atoms with E-state index in [9.17, 15) is 0 Å². The van der Waals surface area contributed by atoms with E-state index in [4.69, 9.17) is 15.2 Å². The fourth-order valence-electron chi connectivity index (χ4n) is 2.09. The molecule has 2 N–H and O–H groups in total. The minimum atomic E-state index is 0.349. The first kappa shape index (κ1) is 17.6. The molecule has 0 atom stereocenters. The van der Waals surface area contributed by atoms with E-state index in [1.807, 2.05) is 18.2 Å². The van der Waals surface area contributed by atoms with Gasteiger partial charge >= 0.3 is 0 Å². The van der Waals surface area contributed by atoms with Gasteiger partial charge in [0.2, 0.25) is 0 Å². The molecule has 0 heterocycles. The Kier molecular flexibility index (Phi) is 9.35. The average molecular weight is 289 g/mol. The van der Waals surface area contributed by atoms with Crippen LogP contribution < -0.4 is 10.5 Å². The first-order chi connectivity index (χ1) is 10.3. The van der Waals surface area contributed by atoms with Crippen molar-refractivity contribution in [2.24, 2.45) is 5.73 Å². The maximum atomic E-state index is 5.72. The highest BCUT2D eigenvalue weighted by molar-refractivity contribution is 5.48. The molecule has 0 aliphatic carbocycles. The second kappa shape index (κ2) is 11.2. The predicted molar refractivity (Wildman–Crippen MR) is 87.3 cm³/mol. The number of benzene rings is 1. The SMILES string of the molecule is CCCCCCCOCc1ccc(OC)c(C#CCN)c1. The van der Waals surface area contributed by atoms with E-state index in [-0.39, 0.29) is 0 Å². The molecule has 0 aromatic heterocycles. The number of rotatable bonds is 9. The third kappa shape index (κ3) is 7.17. The van der Waals surface area contributed by atoms with Crippen LogP contribution in [0.3, 0.4) is 0 Å². The van der Waals surface area contributed by atoms with Gasteiger partial charge in [0.1, 0.15) is 5.75 Å². The first-order valence-corrected chi connectivity index (χ1v) is 7.75. The topological polar surface area (TPSA) is 44.5 Å². The van der Waals surface area contributed by atoms with Crippen LogP contribution >= 0.6 is 0 Å². The smallest absolute Gasteiger partial charge is 0.134 e. The first-order valence-electron chi connectivity index (χ1n) is 7.75. The fraction of sp³-hybridized carbons (Fsp3) is 0.556. The lowest BCUT2D eigenvalue weighted by molar-refractivity contribution is 0.116. The molecular weight excluding hydrogens is 262 g/mol. The van der Waals surface area contributed by atoms with E-state index in [1.54, 1.807) is 7.11 Å². The number of methoxy groups -OCH3 is 1. The molecule has 0 amide bonds. The maximum Gasteiger partial charge on any atom is 0.134 e. The Hall–Kier alpha value is -1.50. The van der Waals surface area contributed by atoms with Gasteiger partial charge in [-0.2, -0.15) is 0 Å². The van der Waals surface area contributed by atoms with Crippen LogP contribution in [0.5, 0.6) is 5.75 Å². The van der Waals surface area contributed by atoms with Crippen LogP contribution in [0.25, 0.3) is 0 Å². The number of hydrogen-bond acceptors (Lipinski definition) is 3. The van der Waals surface area contributed by atoms with Crippen molar-refractivity contribution in [3.05, 3.63) is 29.3 Å². The second-order valence-corrected chi connectivity index (χ2v) is 5.01. The predicted octanol–water partition coefficient (Wildman–Crippen LogP) is 3.49. The van der Waals surface area contributed by atoms with Gasteiger partial charge in [0.05, 0.1) is 25.8 Å². The zero-order valence-electron chi connectivity index (χ0n) is 13.3. The van der Waals surface area contributed by atoms with Crippen LogP contribution in [0.4, 0.5) is 0 Å². The van der Waals surface area contributed by atoms with Crippen molar-refractivity contribution in [2.75, 3.05) is 20.3 Å². The maximum absolute atomic E-state index is 5.72. The van der Waals surface area contributed by atoms with Gasteiger partial charge in [-0.15, -0.1) is 0 Å². The summed E-state index contributed by atoms with van der Waals surface area (Å²) in [5.74, 6) is 6.67. The molecule has 0 fully saturated rings. The Labute approximate surface area is 128 Å². The van der Waals surface area contributed by atoms with Crippen LogP contribution in [0.15, 0.2) is 18.2 Å². The summed E-state index contributed by atoms with van der Waals surface area (Å²) in [5.41, 5.74) is 7.40. The van der Waals surface area contributed by atoms with Crippen molar-refractivity contribution >= 4 is 0 Å². The summed E-state index contributed by atoms with van der Waals surface area (Å²) in [6.45, 7) is 4.02. The van der Waals surface area contributed by atoms with Crippen molar-refractivity contribution in [2.45, 2.75) is 45.6 Å². The van der Waals surface area contributed by atoms with Crippen LogP contribution in [-0.2, 0) is 11.3 Å². The average Bonchev–Trinajstić information content (AvgIpc) is 2.52. The van der Waals surface area contributed by atoms with Gasteiger partial charge in [-0.05, 0) is 24.1 Å². The number of hydrogen-bond donors (Lipinski definition) is 1. The van der Waals surface area contributed by atoms with E-state index in [1.165, 1.54) is 25.7 Å².